The second-order valence-corrected chi connectivity index (χ2v) is 7.04. The number of pyridine rings is 1. The number of carbonyl (C=O) groups is 1. The monoisotopic (exact) mass is 345 g/mol. The van der Waals surface area contributed by atoms with E-state index in [1.807, 2.05) is 27.7 Å². The smallest absolute Gasteiger partial charge is 0.233 e. The van der Waals surface area contributed by atoms with Crippen LogP contribution in [0.3, 0.4) is 0 Å². The average molecular weight is 345 g/mol. The number of rotatable bonds is 6. The van der Waals surface area contributed by atoms with Crippen LogP contribution in [0.15, 0.2) is 35.9 Å². The highest BCUT2D eigenvalue weighted by molar-refractivity contribution is 7.99. The first kappa shape index (κ1) is 17.0. The van der Waals surface area contributed by atoms with Crippen LogP contribution in [-0.2, 0) is 17.8 Å². The number of hydrogen-bond acceptors (Lipinski definition) is 5. The Morgan fingerprint density at radius 3 is 3.08 bits per heavy atom. The van der Waals surface area contributed by atoms with Crippen LogP contribution in [0.1, 0.15) is 31.9 Å². The number of piperidine rings is 1. The van der Waals surface area contributed by atoms with Gasteiger partial charge in [0.2, 0.25) is 5.91 Å². The van der Waals surface area contributed by atoms with Gasteiger partial charge in [0.25, 0.3) is 0 Å². The van der Waals surface area contributed by atoms with Crippen molar-refractivity contribution in [3.05, 3.63) is 36.4 Å². The number of hydrogen-bond donors (Lipinski definition) is 0. The molecule has 1 saturated heterocycles. The molecule has 2 aromatic heterocycles. The topological polar surface area (TPSA) is 63.9 Å². The van der Waals surface area contributed by atoms with E-state index in [9.17, 15) is 4.79 Å². The van der Waals surface area contributed by atoms with Gasteiger partial charge < -0.3 is 9.47 Å². The van der Waals surface area contributed by atoms with Gasteiger partial charge in [0.15, 0.2) is 5.16 Å². The lowest BCUT2D eigenvalue weighted by atomic mass is 10.0. The van der Waals surface area contributed by atoms with Crippen LogP contribution in [0.2, 0.25) is 0 Å². The number of aryl methyl sites for hydroxylation is 2. The SMILES string of the molecule is CC1CCCCN1C(=O)CSc1nncn1CCc1ccccn1. The second kappa shape index (κ2) is 8.28. The van der Waals surface area contributed by atoms with Crippen LogP contribution in [0.5, 0.6) is 0 Å². The van der Waals surface area contributed by atoms with Crippen LogP contribution in [-0.4, -0.2) is 48.9 Å². The van der Waals surface area contributed by atoms with E-state index < -0.39 is 0 Å². The summed E-state index contributed by atoms with van der Waals surface area (Å²) in [4.78, 5) is 18.8. The Balaban J connectivity index is 1.52. The molecule has 3 rings (SSSR count). The summed E-state index contributed by atoms with van der Waals surface area (Å²) in [6.07, 6.45) is 7.79. The molecule has 1 fully saturated rings. The molecule has 128 valence electrons. The minimum atomic E-state index is 0.200. The van der Waals surface area contributed by atoms with Gasteiger partial charge in [-0.05, 0) is 38.3 Å². The average Bonchev–Trinajstić information content (AvgIpc) is 3.06. The third-order valence-electron chi connectivity index (χ3n) is 4.36. The summed E-state index contributed by atoms with van der Waals surface area (Å²) < 4.78 is 1.99. The fourth-order valence-corrected chi connectivity index (χ4v) is 3.80. The molecule has 1 unspecified atom stereocenters. The molecule has 0 N–H and O–H groups in total. The molecule has 1 aliphatic heterocycles. The van der Waals surface area contributed by atoms with Crippen molar-refractivity contribution in [1.29, 1.82) is 0 Å². The minimum absolute atomic E-state index is 0.200. The van der Waals surface area contributed by atoms with E-state index in [4.69, 9.17) is 0 Å². The van der Waals surface area contributed by atoms with Gasteiger partial charge >= 0.3 is 0 Å². The van der Waals surface area contributed by atoms with E-state index in [1.165, 1.54) is 18.2 Å². The van der Waals surface area contributed by atoms with Gasteiger partial charge in [0.1, 0.15) is 6.33 Å². The van der Waals surface area contributed by atoms with Crippen LogP contribution in [0.4, 0.5) is 0 Å². The normalized spacial score (nSPS) is 17.9. The molecule has 3 heterocycles. The summed E-state index contributed by atoms with van der Waals surface area (Å²) in [6.45, 7) is 3.78. The Morgan fingerprint density at radius 2 is 2.29 bits per heavy atom. The third kappa shape index (κ3) is 4.35. The summed E-state index contributed by atoms with van der Waals surface area (Å²) in [5.41, 5.74) is 1.04. The molecule has 0 bridgehead atoms. The molecule has 0 aromatic carbocycles. The highest BCUT2D eigenvalue weighted by Crippen LogP contribution is 2.20. The van der Waals surface area contributed by atoms with Crippen molar-refractivity contribution in [1.82, 2.24) is 24.6 Å². The molecule has 24 heavy (non-hydrogen) atoms. The zero-order valence-electron chi connectivity index (χ0n) is 14.0. The molecule has 0 radical (unpaired) electrons. The fraction of sp³-hybridized carbons (Fsp3) is 0.529. The molecule has 1 aliphatic rings. The first-order chi connectivity index (χ1) is 11.7. The summed E-state index contributed by atoms with van der Waals surface area (Å²) in [5.74, 6) is 0.624. The minimum Gasteiger partial charge on any atom is -0.339 e. The zero-order chi connectivity index (χ0) is 16.8. The van der Waals surface area contributed by atoms with Crippen LogP contribution < -0.4 is 0 Å². The standard InChI is InChI=1S/C17H23N5OS/c1-14-6-3-5-10-22(14)16(23)12-24-17-20-19-13-21(17)11-8-15-7-2-4-9-18-15/h2,4,7,9,13-14H,3,5-6,8,10-12H2,1H3. The number of thioether (sulfide) groups is 1. The van der Waals surface area contributed by atoms with Crippen molar-refractivity contribution in [2.75, 3.05) is 12.3 Å². The van der Waals surface area contributed by atoms with Crippen LogP contribution >= 0.6 is 11.8 Å². The molecule has 6 nitrogen and oxygen atoms in total. The molecule has 1 amide bonds. The van der Waals surface area contributed by atoms with Gasteiger partial charge in [-0.15, -0.1) is 10.2 Å². The van der Waals surface area contributed by atoms with Crippen molar-refractivity contribution in [3.63, 3.8) is 0 Å². The zero-order valence-corrected chi connectivity index (χ0v) is 14.8. The Bertz CT molecular complexity index is 660. The van der Waals surface area contributed by atoms with Crippen LogP contribution in [0.25, 0.3) is 0 Å². The molecular formula is C17H23N5OS. The Morgan fingerprint density at radius 1 is 1.38 bits per heavy atom. The van der Waals surface area contributed by atoms with E-state index in [0.717, 1.165) is 43.2 Å². The van der Waals surface area contributed by atoms with Crippen molar-refractivity contribution in [3.8, 4) is 0 Å². The highest BCUT2D eigenvalue weighted by Gasteiger charge is 2.23. The molecule has 1 atom stereocenters. The third-order valence-corrected chi connectivity index (χ3v) is 5.33. The first-order valence-corrected chi connectivity index (χ1v) is 9.42. The van der Waals surface area contributed by atoms with E-state index in [2.05, 4.69) is 22.1 Å². The summed E-state index contributed by atoms with van der Waals surface area (Å²) >= 11 is 1.47. The maximum atomic E-state index is 12.4. The van der Waals surface area contributed by atoms with Crippen LogP contribution in [0, 0.1) is 0 Å². The maximum Gasteiger partial charge on any atom is 0.233 e. The quantitative estimate of drug-likeness (QED) is 0.752. The van der Waals surface area contributed by atoms with Gasteiger partial charge in [0, 0.05) is 37.4 Å². The van der Waals surface area contributed by atoms with E-state index >= 15 is 0 Å². The number of nitrogens with zero attached hydrogens (tertiary/aromatic N) is 5. The Kier molecular flexibility index (Phi) is 5.85. The molecule has 2 aromatic rings. The van der Waals surface area contributed by atoms with Gasteiger partial charge in [0.05, 0.1) is 5.75 Å². The Hall–Kier alpha value is -1.89. The lowest BCUT2D eigenvalue weighted by molar-refractivity contribution is -0.131. The van der Waals surface area contributed by atoms with Crippen molar-refractivity contribution >= 4 is 17.7 Å². The van der Waals surface area contributed by atoms with Crippen molar-refractivity contribution in [2.24, 2.45) is 0 Å². The number of likely N-dealkylation sites (tertiary alicyclic amines) is 1. The number of carbonyl (C=O) groups excluding carboxylic acids is 1. The lowest BCUT2D eigenvalue weighted by Gasteiger charge is -2.33. The van der Waals surface area contributed by atoms with Gasteiger partial charge in [-0.25, -0.2) is 0 Å². The molecule has 7 heteroatoms. The second-order valence-electron chi connectivity index (χ2n) is 6.10. The number of aromatic nitrogens is 4. The molecule has 0 spiro atoms. The van der Waals surface area contributed by atoms with Gasteiger partial charge in [-0.2, -0.15) is 0 Å². The predicted molar refractivity (Wildman–Crippen MR) is 93.7 cm³/mol. The highest BCUT2D eigenvalue weighted by atomic mass is 32.2. The fourth-order valence-electron chi connectivity index (χ4n) is 2.97. The molecular weight excluding hydrogens is 322 g/mol. The van der Waals surface area contributed by atoms with E-state index in [1.54, 1.807) is 12.5 Å². The first-order valence-electron chi connectivity index (χ1n) is 8.44. The van der Waals surface area contributed by atoms with Crippen molar-refractivity contribution < 1.29 is 4.79 Å². The summed E-state index contributed by atoms with van der Waals surface area (Å²) in [7, 11) is 0. The molecule has 0 saturated carbocycles. The Labute approximate surface area is 146 Å². The largest absolute Gasteiger partial charge is 0.339 e. The van der Waals surface area contributed by atoms with Gasteiger partial charge in [-0.3, -0.25) is 9.78 Å². The van der Waals surface area contributed by atoms with Gasteiger partial charge in [-0.1, -0.05) is 17.8 Å². The molecule has 0 aliphatic carbocycles. The van der Waals surface area contributed by atoms with E-state index in [-0.39, 0.29) is 5.91 Å². The maximum absolute atomic E-state index is 12.4. The summed E-state index contributed by atoms with van der Waals surface area (Å²) in [5, 5.41) is 8.93. The number of amides is 1. The van der Waals surface area contributed by atoms with E-state index in [0.29, 0.717) is 11.8 Å². The summed E-state index contributed by atoms with van der Waals surface area (Å²) in [6, 6.07) is 6.27. The predicted octanol–water partition coefficient (Wildman–Crippen LogP) is 2.41. The lowest BCUT2D eigenvalue weighted by Crippen LogP contribution is -2.43. The van der Waals surface area contributed by atoms with Crippen molar-refractivity contribution in [2.45, 2.75) is 50.4 Å².